The molecular formula is C14H23O3P. The molecule has 0 saturated heterocycles. The van der Waals surface area contributed by atoms with Crippen molar-refractivity contribution in [3.8, 4) is 0 Å². The second-order valence-corrected chi connectivity index (χ2v) is 5.17. The summed E-state index contributed by atoms with van der Waals surface area (Å²) in [5.74, 6) is 0.0533. The standard InChI is InChI=1S/C12H17O3P.C2H6/c1-10(11-7-5-4-6-8-11)12(13)9-16(14-2)15-3;1-2/h4-8,10H,9H2,1-3H3;1-2H3. The van der Waals surface area contributed by atoms with E-state index in [-0.39, 0.29) is 11.7 Å². The Morgan fingerprint density at radius 1 is 1.17 bits per heavy atom. The van der Waals surface area contributed by atoms with Gasteiger partial charge in [-0.25, -0.2) is 0 Å². The Morgan fingerprint density at radius 2 is 1.67 bits per heavy atom. The predicted molar refractivity (Wildman–Crippen MR) is 77.0 cm³/mol. The molecule has 3 nitrogen and oxygen atoms in total. The van der Waals surface area contributed by atoms with Crippen LogP contribution < -0.4 is 0 Å². The SMILES string of the molecule is CC.COP(CC(=O)C(C)c1ccccc1)OC. The van der Waals surface area contributed by atoms with Crippen LogP contribution in [-0.2, 0) is 13.8 Å². The van der Waals surface area contributed by atoms with Gasteiger partial charge in [0.25, 0.3) is 0 Å². The highest BCUT2D eigenvalue weighted by Crippen LogP contribution is 2.37. The zero-order valence-electron chi connectivity index (χ0n) is 11.8. The molecule has 0 aliphatic carbocycles. The highest BCUT2D eigenvalue weighted by Gasteiger charge is 2.20. The van der Waals surface area contributed by atoms with Gasteiger partial charge in [-0.15, -0.1) is 0 Å². The second kappa shape index (κ2) is 10.2. The third-order valence-electron chi connectivity index (χ3n) is 2.47. The van der Waals surface area contributed by atoms with Gasteiger partial charge in [-0.05, 0) is 5.56 Å². The predicted octanol–water partition coefficient (Wildman–Crippen LogP) is 3.99. The molecule has 0 aliphatic rings. The van der Waals surface area contributed by atoms with Crippen molar-refractivity contribution in [2.24, 2.45) is 0 Å². The summed E-state index contributed by atoms with van der Waals surface area (Å²) < 4.78 is 10.2. The van der Waals surface area contributed by atoms with E-state index in [1.807, 2.05) is 51.1 Å². The summed E-state index contributed by atoms with van der Waals surface area (Å²) in [5, 5.41) is 0. The number of carbonyl (C=O) groups is 1. The van der Waals surface area contributed by atoms with E-state index in [4.69, 9.17) is 9.05 Å². The molecule has 18 heavy (non-hydrogen) atoms. The highest BCUT2D eigenvalue weighted by molar-refractivity contribution is 7.48. The van der Waals surface area contributed by atoms with E-state index in [9.17, 15) is 4.79 Å². The molecule has 0 aromatic heterocycles. The molecule has 0 spiro atoms. The maximum absolute atomic E-state index is 11.9. The van der Waals surface area contributed by atoms with Crippen molar-refractivity contribution in [1.82, 2.24) is 0 Å². The van der Waals surface area contributed by atoms with E-state index in [0.29, 0.717) is 6.16 Å². The van der Waals surface area contributed by atoms with Gasteiger partial charge in [-0.1, -0.05) is 51.1 Å². The minimum Gasteiger partial charge on any atom is -0.337 e. The maximum Gasteiger partial charge on any atom is 0.177 e. The van der Waals surface area contributed by atoms with Crippen LogP contribution in [0, 0.1) is 0 Å². The Balaban J connectivity index is 0.00000137. The molecule has 0 aliphatic heterocycles. The third kappa shape index (κ3) is 5.72. The molecule has 0 fully saturated rings. The third-order valence-corrected chi connectivity index (χ3v) is 3.86. The summed E-state index contributed by atoms with van der Waals surface area (Å²) in [5.41, 5.74) is 1.04. The number of benzene rings is 1. The average Bonchev–Trinajstić information content (AvgIpc) is 2.46. The van der Waals surface area contributed by atoms with Crippen LogP contribution in [0.15, 0.2) is 30.3 Å². The number of ketones is 1. The van der Waals surface area contributed by atoms with Crippen LogP contribution >= 0.6 is 8.38 Å². The van der Waals surface area contributed by atoms with Gasteiger partial charge in [0.05, 0.1) is 6.16 Å². The molecule has 1 rings (SSSR count). The van der Waals surface area contributed by atoms with Crippen LogP contribution in [0.1, 0.15) is 32.3 Å². The van der Waals surface area contributed by atoms with Crippen molar-refractivity contribution in [1.29, 1.82) is 0 Å². The Labute approximate surface area is 111 Å². The summed E-state index contributed by atoms with van der Waals surface area (Å²) in [7, 11) is 2.06. The van der Waals surface area contributed by atoms with E-state index >= 15 is 0 Å². The molecule has 0 heterocycles. The van der Waals surface area contributed by atoms with Gasteiger partial charge in [0.15, 0.2) is 8.38 Å². The highest BCUT2D eigenvalue weighted by atomic mass is 31.2. The lowest BCUT2D eigenvalue weighted by Crippen LogP contribution is -2.13. The molecule has 4 heteroatoms. The first-order valence-electron chi connectivity index (χ1n) is 6.12. The van der Waals surface area contributed by atoms with E-state index in [1.165, 1.54) is 0 Å². The minimum atomic E-state index is -1.07. The molecule has 102 valence electrons. The summed E-state index contributed by atoms with van der Waals surface area (Å²) in [4.78, 5) is 11.9. The number of hydrogen-bond acceptors (Lipinski definition) is 3. The van der Waals surface area contributed by atoms with Crippen molar-refractivity contribution in [3.63, 3.8) is 0 Å². The van der Waals surface area contributed by atoms with Crippen molar-refractivity contribution in [2.45, 2.75) is 26.7 Å². The second-order valence-electron chi connectivity index (χ2n) is 3.45. The van der Waals surface area contributed by atoms with E-state index in [0.717, 1.165) is 5.56 Å². The Morgan fingerprint density at radius 3 is 2.11 bits per heavy atom. The molecule has 1 unspecified atom stereocenters. The Hall–Kier alpha value is -0.760. The van der Waals surface area contributed by atoms with Gasteiger partial charge in [0.2, 0.25) is 0 Å². The number of rotatable bonds is 6. The fourth-order valence-corrected chi connectivity index (χ4v) is 2.33. The van der Waals surface area contributed by atoms with Gasteiger partial charge in [-0.2, -0.15) is 0 Å². The molecule has 0 saturated carbocycles. The van der Waals surface area contributed by atoms with Crippen LogP contribution in [0.5, 0.6) is 0 Å². The fraction of sp³-hybridized carbons (Fsp3) is 0.500. The number of carbonyl (C=O) groups excluding carboxylic acids is 1. The fourth-order valence-electron chi connectivity index (χ4n) is 1.40. The van der Waals surface area contributed by atoms with E-state index in [1.54, 1.807) is 14.2 Å². The normalized spacial score (nSPS) is 11.7. The van der Waals surface area contributed by atoms with Crippen LogP contribution in [0.2, 0.25) is 0 Å². The van der Waals surface area contributed by atoms with Crippen LogP contribution in [0.25, 0.3) is 0 Å². The smallest absolute Gasteiger partial charge is 0.177 e. The Bertz CT molecular complexity index is 323. The van der Waals surface area contributed by atoms with E-state index in [2.05, 4.69) is 0 Å². The molecule has 1 atom stereocenters. The van der Waals surface area contributed by atoms with Gasteiger partial charge >= 0.3 is 0 Å². The Kier molecular flexibility index (Phi) is 9.76. The average molecular weight is 270 g/mol. The van der Waals surface area contributed by atoms with Gasteiger partial charge in [-0.3, -0.25) is 4.79 Å². The van der Waals surface area contributed by atoms with E-state index < -0.39 is 8.38 Å². The first-order chi connectivity index (χ1) is 8.69. The number of Topliss-reactive ketones (excluding diaryl/α,β-unsaturated/α-hetero) is 1. The molecule has 0 amide bonds. The lowest BCUT2D eigenvalue weighted by Gasteiger charge is -2.15. The summed E-state index contributed by atoms with van der Waals surface area (Å²) in [6.07, 6.45) is 0.346. The quantitative estimate of drug-likeness (QED) is 0.733. The number of hydrogen-bond donors (Lipinski definition) is 0. The molecule has 0 N–H and O–H groups in total. The van der Waals surface area contributed by atoms with Crippen molar-refractivity contribution in [2.75, 3.05) is 20.4 Å². The summed E-state index contributed by atoms with van der Waals surface area (Å²) >= 11 is 0. The van der Waals surface area contributed by atoms with Gasteiger partial charge in [0, 0.05) is 20.1 Å². The van der Waals surface area contributed by atoms with Crippen molar-refractivity contribution in [3.05, 3.63) is 35.9 Å². The lowest BCUT2D eigenvalue weighted by molar-refractivity contribution is -0.117. The van der Waals surface area contributed by atoms with Gasteiger partial charge in [0.1, 0.15) is 5.78 Å². The van der Waals surface area contributed by atoms with Gasteiger partial charge < -0.3 is 9.05 Å². The van der Waals surface area contributed by atoms with Crippen LogP contribution in [0.3, 0.4) is 0 Å². The monoisotopic (exact) mass is 270 g/mol. The molecule has 0 radical (unpaired) electrons. The lowest BCUT2D eigenvalue weighted by atomic mass is 9.98. The van der Waals surface area contributed by atoms with Crippen LogP contribution in [0.4, 0.5) is 0 Å². The maximum atomic E-state index is 11.9. The van der Waals surface area contributed by atoms with Crippen LogP contribution in [-0.4, -0.2) is 26.2 Å². The topological polar surface area (TPSA) is 35.5 Å². The largest absolute Gasteiger partial charge is 0.337 e. The first kappa shape index (κ1) is 17.2. The van der Waals surface area contributed by atoms with Crippen molar-refractivity contribution < 1.29 is 13.8 Å². The zero-order chi connectivity index (χ0) is 14.0. The molecule has 1 aromatic rings. The molecule has 1 aromatic carbocycles. The van der Waals surface area contributed by atoms with Crippen molar-refractivity contribution >= 4 is 14.2 Å². The summed E-state index contributed by atoms with van der Waals surface area (Å²) in [6.45, 7) is 5.91. The molecular weight excluding hydrogens is 247 g/mol. The minimum absolute atomic E-state index is 0.100. The summed E-state index contributed by atoms with van der Waals surface area (Å²) in [6, 6.07) is 9.75. The molecule has 0 bridgehead atoms. The first-order valence-corrected chi connectivity index (χ1v) is 7.48. The zero-order valence-corrected chi connectivity index (χ0v) is 12.7.